The van der Waals surface area contributed by atoms with Crippen LogP contribution < -0.4 is 10.2 Å². The number of carboxylic acids is 1. The Hall–Kier alpha value is -2.08. The Morgan fingerprint density at radius 1 is 1.35 bits per heavy atom. The van der Waals surface area contributed by atoms with Gasteiger partial charge in [0, 0.05) is 18.7 Å². The lowest BCUT2D eigenvalue weighted by molar-refractivity contribution is -0.140. The number of carbonyl (C=O) groups excluding carboxylic acids is 2. The second-order valence-electron chi connectivity index (χ2n) is 5.85. The summed E-state index contributed by atoms with van der Waals surface area (Å²) < 4.78 is 0. The minimum Gasteiger partial charge on any atom is -0.480 e. The monoisotopic (exact) mass is 338 g/mol. The first-order chi connectivity index (χ1) is 10.8. The van der Waals surface area contributed by atoms with Gasteiger partial charge in [0.05, 0.1) is 10.6 Å². The van der Waals surface area contributed by atoms with Crippen molar-refractivity contribution >= 4 is 35.1 Å². The summed E-state index contributed by atoms with van der Waals surface area (Å²) in [5, 5.41) is 11.9. The number of nitrogens with one attached hydrogen (secondary N) is 1. The van der Waals surface area contributed by atoms with Crippen LogP contribution in [0, 0.1) is 5.92 Å². The summed E-state index contributed by atoms with van der Waals surface area (Å²) in [6, 6.07) is 3.75. The molecule has 0 radical (unpaired) electrons. The van der Waals surface area contributed by atoms with Gasteiger partial charge in [-0.1, -0.05) is 25.4 Å². The van der Waals surface area contributed by atoms with Gasteiger partial charge in [-0.15, -0.1) is 0 Å². The smallest absolute Gasteiger partial charge is 0.326 e. The van der Waals surface area contributed by atoms with Gasteiger partial charge in [0.1, 0.15) is 6.04 Å². The number of halogens is 1. The van der Waals surface area contributed by atoms with Crippen LogP contribution in [0.2, 0.25) is 5.02 Å². The summed E-state index contributed by atoms with van der Waals surface area (Å²) >= 11 is 6.07. The molecule has 0 spiro atoms. The van der Waals surface area contributed by atoms with Crippen molar-refractivity contribution in [2.45, 2.75) is 32.7 Å². The van der Waals surface area contributed by atoms with Crippen LogP contribution in [0.4, 0.5) is 5.69 Å². The van der Waals surface area contributed by atoms with E-state index >= 15 is 0 Å². The maximum Gasteiger partial charge on any atom is 0.326 e. The zero-order chi connectivity index (χ0) is 17.1. The van der Waals surface area contributed by atoms with Crippen LogP contribution >= 0.6 is 11.6 Å². The Kier molecular flexibility index (Phi) is 5.26. The molecule has 124 valence electrons. The topological polar surface area (TPSA) is 86.7 Å². The molecule has 0 saturated carbocycles. The molecule has 1 fully saturated rings. The van der Waals surface area contributed by atoms with Gasteiger partial charge in [0.15, 0.2) is 0 Å². The van der Waals surface area contributed by atoms with Crippen LogP contribution in [-0.2, 0) is 9.59 Å². The van der Waals surface area contributed by atoms with Gasteiger partial charge in [-0.25, -0.2) is 4.79 Å². The molecule has 1 atom stereocenters. The van der Waals surface area contributed by atoms with Crippen molar-refractivity contribution in [1.29, 1.82) is 0 Å². The molecule has 2 rings (SSSR count). The SMILES string of the molecule is CC(C)[C@H](NC(=O)c1cc(N2CCCC2=O)ccc1Cl)C(=O)O. The van der Waals surface area contributed by atoms with Gasteiger partial charge in [0.2, 0.25) is 5.91 Å². The predicted octanol–water partition coefficient (Wildman–Crippen LogP) is 2.31. The lowest BCUT2D eigenvalue weighted by Crippen LogP contribution is -2.44. The zero-order valence-corrected chi connectivity index (χ0v) is 13.8. The van der Waals surface area contributed by atoms with E-state index in [2.05, 4.69) is 5.32 Å². The zero-order valence-electron chi connectivity index (χ0n) is 13.0. The highest BCUT2D eigenvalue weighted by molar-refractivity contribution is 6.34. The van der Waals surface area contributed by atoms with Gasteiger partial charge in [-0.3, -0.25) is 9.59 Å². The molecule has 7 heteroatoms. The van der Waals surface area contributed by atoms with Crippen molar-refractivity contribution in [3.63, 3.8) is 0 Å². The van der Waals surface area contributed by atoms with Gasteiger partial charge >= 0.3 is 5.97 Å². The van der Waals surface area contributed by atoms with Gasteiger partial charge in [-0.2, -0.15) is 0 Å². The molecule has 1 heterocycles. The van der Waals surface area contributed by atoms with Crippen molar-refractivity contribution < 1.29 is 19.5 Å². The highest BCUT2D eigenvalue weighted by Crippen LogP contribution is 2.26. The maximum atomic E-state index is 12.4. The number of carboxylic acid groups (broad SMARTS) is 1. The number of carbonyl (C=O) groups is 3. The Morgan fingerprint density at radius 3 is 2.57 bits per heavy atom. The van der Waals surface area contributed by atoms with E-state index in [0.717, 1.165) is 6.42 Å². The van der Waals surface area contributed by atoms with E-state index in [1.807, 2.05) is 0 Å². The number of amides is 2. The number of anilines is 1. The van der Waals surface area contributed by atoms with Crippen LogP contribution in [-0.4, -0.2) is 35.5 Å². The third-order valence-corrected chi connectivity index (χ3v) is 4.13. The molecule has 23 heavy (non-hydrogen) atoms. The van der Waals surface area contributed by atoms with Crippen molar-refractivity contribution in [3.8, 4) is 0 Å². The molecule has 1 saturated heterocycles. The molecule has 0 bridgehead atoms. The summed E-state index contributed by atoms with van der Waals surface area (Å²) in [6.45, 7) is 4.02. The summed E-state index contributed by atoms with van der Waals surface area (Å²) in [4.78, 5) is 37.0. The van der Waals surface area contributed by atoms with E-state index in [1.54, 1.807) is 30.9 Å². The Labute approximate surface area is 139 Å². The minimum absolute atomic E-state index is 0.00396. The number of rotatable bonds is 5. The number of hydrogen-bond acceptors (Lipinski definition) is 3. The van der Waals surface area contributed by atoms with E-state index in [4.69, 9.17) is 11.6 Å². The van der Waals surface area contributed by atoms with Crippen LogP contribution in [0.3, 0.4) is 0 Å². The van der Waals surface area contributed by atoms with Crippen LogP contribution in [0.5, 0.6) is 0 Å². The fourth-order valence-electron chi connectivity index (χ4n) is 2.51. The molecule has 1 aliphatic rings. The second-order valence-corrected chi connectivity index (χ2v) is 6.25. The van der Waals surface area contributed by atoms with Gasteiger partial charge < -0.3 is 15.3 Å². The first-order valence-corrected chi connectivity index (χ1v) is 7.82. The van der Waals surface area contributed by atoms with Crippen molar-refractivity contribution in [3.05, 3.63) is 28.8 Å². The molecule has 1 aromatic rings. The number of hydrogen-bond donors (Lipinski definition) is 2. The molecular weight excluding hydrogens is 320 g/mol. The molecule has 2 N–H and O–H groups in total. The molecular formula is C16H19ClN2O4. The molecule has 1 aromatic carbocycles. The Morgan fingerprint density at radius 2 is 2.04 bits per heavy atom. The fourth-order valence-corrected chi connectivity index (χ4v) is 2.71. The maximum absolute atomic E-state index is 12.4. The van der Waals surface area contributed by atoms with Crippen molar-refractivity contribution in [1.82, 2.24) is 5.32 Å². The number of benzene rings is 1. The molecule has 0 aromatic heterocycles. The molecule has 1 aliphatic heterocycles. The van der Waals surface area contributed by atoms with Crippen molar-refractivity contribution in [2.75, 3.05) is 11.4 Å². The fraction of sp³-hybridized carbons (Fsp3) is 0.438. The molecule has 6 nitrogen and oxygen atoms in total. The molecule has 0 aliphatic carbocycles. The average Bonchev–Trinajstić information content (AvgIpc) is 2.90. The lowest BCUT2D eigenvalue weighted by atomic mass is 10.0. The van der Waals surface area contributed by atoms with E-state index in [9.17, 15) is 19.5 Å². The van der Waals surface area contributed by atoms with E-state index < -0.39 is 17.9 Å². The Balaban J connectivity index is 2.26. The average molecular weight is 339 g/mol. The third kappa shape index (κ3) is 3.82. The van der Waals surface area contributed by atoms with Crippen molar-refractivity contribution in [2.24, 2.45) is 5.92 Å². The van der Waals surface area contributed by atoms with Crippen LogP contribution in [0.15, 0.2) is 18.2 Å². The summed E-state index contributed by atoms with van der Waals surface area (Å²) in [5.74, 6) is -1.93. The highest BCUT2D eigenvalue weighted by Gasteiger charge is 2.26. The number of aliphatic carboxylic acids is 1. The number of nitrogens with zero attached hydrogens (tertiary/aromatic N) is 1. The first kappa shape index (κ1) is 17.3. The predicted molar refractivity (Wildman–Crippen MR) is 86.8 cm³/mol. The summed E-state index contributed by atoms with van der Waals surface area (Å²) in [7, 11) is 0. The summed E-state index contributed by atoms with van der Waals surface area (Å²) in [5.41, 5.74) is 0.759. The van der Waals surface area contributed by atoms with E-state index in [-0.39, 0.29) is 22.4 Å². The summed E-state index contributed by atoms with van der Waals surface area (Å²) in [6.07, 6.45) is 1.26. The quantitative estimate of drug-likeness (QED) is 0.862. The first-order valence-electron chi connectivity index (χ1n) is 7.45. The second kappa shape index (κ2) is 7.00. The van der Waals surface area contributed by atoms with Crippen LogP contribution in [0.25, 0.3) is 0 Å². The lowest BCUT2D eigenvalue weighted by Gasteiger charge is -2.20. The van der Waals surface area contributed by atoms with Gasteiger partial charge in [-0.05, 0) is 30.5 Å². The van der Waals surface area contributed by atoms with Gasteiger partial charge in [0.25, 0.3) is 5.91 Å². The minimum atomic E-state index is -1.10. The highest BCUT2D eigenvalue weighted by atomic mass is 35.5. The van der Waals surface area contributed by atoms with E-state index in [0.29, 0.717) is 18.7 Å². The standard InChI is InChI=1S/C16H19ClN2O4/c1-9(2)14(16(22)23)18-15(21)11-8-10(5-6-12(11)17)19-7-3-4-13(19)20/h5-6,8-9,14H,3-4,7H2,1-2H3,(H,18,21)(H,22,23)/t14-/m0/s1. The Bertz CT molecular complexity index is 645. The largest absolute Gasteiger partial charge is 0.480 e. The third-order valence-electron chi connectivity index (χ3n) is 3.80. The molecule has 0 unspecified atom stereocenters. The van der Waals surface area contributed by atoms with E-state index in [1.165, 1.54) is 6.07 Å². The normalized spacial score (nSPS) is 15.8. The van der Waals surface area contributed by atoms with Crippen LogP contribution in [0.1, 0.15) is 37.0 Å². The molecule has 2 amide bonds.